The van der Waals surface area contributed by atoms with Gasteiger partial charge in [0.05, 0.1) is 10.6 Å². The third kappa shape index (κ3) is 3.07. The molecule has 0 atom stereocenters. The van der Waals surface area contributed by atoms with Crippen LogP contribution in [0.3, 0.4) is 0 Å². The summed E-state index contributed by atoms with van der Waals surface area (Å²) in [6.07, 6.45) is 5.31. The Balaban J connectivity index is 1.71. The molecule has 3 rings (SSSR count). The molecular formula is C16H16N4OS. The van der Waals surface area contributed by atoms with Gasteiger partial charge in [-0.1, -0.05) is 0 Å². The SMILES string of the molecule is Cc1csc(C(=O)NCc2cncc(-c3ccnn3C)c2)c1. The maximum atomic E-state index is 12.1. The Morgan fingerprint density at radius 2 is 2.23 bits per heavy atom. The predicted molar refractivity (Wildman–Crippen MR) is 86.7 cm³/mol. The molecule has 0 bridgehead atoms. The van der Waals surface area contributed by atoms with Crippen molar-refractivity contribution in [3.63, 3.8) is 0 Å². The van der Waals surface area contributed by atoms with Crippen LogP contribution in [-0.4, -0.2) is 20.7 Å². The molecular weight excluding hydrogens is 296 g/mol. The zero-order valence-corrected chi connectivity index (χ0v) is 13.2. The van der Waals surface area contributed by atoms with Crippen LogP contribution >= 0.6 is 11.3 Å². The number of carbonyl (C=O) groups is 1. The standard InChI is InChI=1S/C16H16N4OS/c1-11-5-15(22-10-11)16(21)18-8-12-6-13(9-17-7-12)14-3-4-19-20(14)2/h3-7,9-10H,8H2,1-2H3,(H,18,21). The first-order valence-electron chi connectivity index (χ1n) is 6.89. The lowest BCUT2D eigenvalue weighted by Gasteiger charge is -2.06. The number of hydrogen-bond donors (Lipinski definition) is 1. The molecule has 3 aromatic heterocycles. The monoisotopic (exact) mass is 312 g/mol. The second-order valence-electron chi connectivity index (χ2n) is 5.09. The summed E-state index contributed by atoms with van der Waals surface area (Å²) < 4.78 is 1.80. The quantitative estimate of drug-likeness (QED) is 0.806. The van der Waals surface area contributed by atoms with Crippen molar-refractivity contribution in [3.05, 3.63) is 58.2 Å². The van der Waals surface area contributed by atoms with Crippen molar-refractivity contribution in [1.29, 1.82) is 0 Å². The number of amides is 1. The van der Waals surface area contributed by atoms with E-state index in [1.807, 2.05) is 37.6 Å². The van der Waals surface area contributed by atoms with Crippen molar-refractivity contribution >= 4 is 17.2 Å². The molecule has 0 aliphatic rings. The molecule has 0 aromatic carbocycles. The largest absolute Gasteiger partial charge is 0.347 e. The molecule has 0 fully saturated rings. The van der Waals surface area contributed by atoms with E-state index in [0.717, 1.165) is 27.3 Å². The molecule has 5 nitrogen and oxygen atoms in total. The van der Waals surface area contributed by atoms with Gasteiger partial charge in [-0.3, -0.25) is 14.5 Å². The van der Waals surface area contributed by atoms with E-state index >= 15 is 0 Å². The van der Waals surface area contributed by atoms with Crippen molar-refractivity contribution in [2.75, 3.05) is 0 Å². The summed E-state index contributed by atoms with van der Waals surface area (Å²) in [7, 11) is 1.89. The van der Waals surface area contributed by atoms with Crippen molar-refractivity contribution in [2.24, 2.45) is 7.05 Å². The zero-order chi connectivity index (χ0) is 15.5. The van der Waals surface area contributed by atoms with Crippen LogP contribution in [0.25, 0.3) is 11.3 Å². The fourth-order valence-electron chi connectivity index (χ4n) is 2.20. The molecule has 3 heterocycles. The predicted octanol–water partition coefficient (Wildman–Crippen LogP) is 2.78. The third-order valence-electron chi connectivity index (χ3n) is 3.32. The highest BCUT2D eigenvalue weighted by molar-refractivity contribution is 7.12. The molecule has 0 spiro atoms. The van der Waals surface area contributed by atoms with E-state index in [1.165, 1.54) is 11.3 Å². The number of hydrogen-bond acceptors (Lipinski definition) is 4. The lowest BCUT2D eigenvalue weighted by atomic mass is 10.1. The van der Waals surface area contributed by atoms with Gasteiger partial charge in [0, 0.05) is 37.7 Å². The fraction of sp³-hybridized carbons (Fsp3) is 0.188. The summed E-state index contributed by atoms with van der Waals surface area (Å²) in [6, 6.07) is 5.85. The number of aromatic nitrogens is 3. The summed E-state index contributed by atoms with van der Waals surface area (Å²) in [5.74, 6) is -0.0518. The second kappa shape index (κ2) is 6.11. The average molecular weight is 312 g/mol. The number of aryl methyl sites for hydroxylation is 2. The normalized spacial score (nSPS) is 10.6. The van der Waals surface area contributed by atoms with Crippen molar-refractivity contribution in [2.45, 2.75) is 13.5 Å². The van der Waals surface area contributed by atoms with Crippen LogP contribution in [0, 0.1) is 6.92 Å². The van der Waals surface area contributed by atoms with Crippen LogP contribution in [0.4, 0.5) is 0 Å². The molecule has 1 amide bonds. The van der Waals surface area contributed by atoms with E-state index in [1.54, 1.807) is 23.3 Å². The maximum absolute atomic E-state index is 12.1. The van der Waals surface area contributed by atoms with Gasteiger partial charge in [0.1, 0.15) is 0 Å². The minimum atomic E-state index is -0.0518. The number of nitrogens with one attached hydrogen (secondary N) is 1. The average Bonchev–Trinajstić information content (AvgIpc) is 3.13. The van der Waals surface area contributed by atoms with E-state index in [2.05, 4.69) is 15.4 Å². The summed E-state index contributed by atoms with van der Waals surface area (Å²) in [4.78, 5) is 17.0. The van der Waals surface area contributed by atoms with Gasteiger partial charge in [-0.05, 0) is 41.6 Å². The Morgan fingerprint density at radius 1 is 1.36 bits per heavy atom. The first-order valence-corrected chi connectivity index (χ1v) is 7.77. The summed E-state index contributed by atoms with van der Waals surface area (Å²) in [5, 5.41) is 9.06. The van der Waals surface area contributed by atoms with E-state index in [0.29, 0.717) is 6.54 Å². The third-order valence-corrected chi connectivity index (χ3v) is 4.37. The summed E-state index contributed by atoms with van der Waals surface area (Å²) in [6.45, 7) is 2.43. The maximum Gasteiger partial charge on any atom is 0.261 e. The first kappa shape index (κ1) is 14.5. The number of rotatable bonds is 4. The lowest BCUT2D eigenvalue weighted by molar-refractivity contribution is 0.0955. The van der Waals surface area contributed by atoms with E-state index < -0.39 is 0 Å². The number of nitrogens with zero attached hydrogens (tertiary/aromatic N) is 3. The smallest absolute Gasteiger partial charge is 0.261 e. The molecule has 0 radical (unpaired) electrons. The van der Waals surface area contributed by atoms with Gasteiger partial charge >= 0.3 is 0 Å². The fourth-order valence-corrected chi connectivity index (χ4v) is 3.02. The van der Waals surface area contributed by atoms with Gasteiger partial charge in [0.25, 0.3) is 5.91 Å². The summed E-state index contributed by atoms with van der Waals surface area (Å²) in [5.41, 5.74) is 4.05. The Hall–Kier alpha value is -2.47. The lowest BCUT2D eigenvalue weighted by Crippen LogP contribution is -2.21. The van der Waals surface area contributed by atoms with Crippen LogP contribution in [0.2, 0.25) is 0 Å². The molecule has 112 valence electrons. The van der Waals surface area contributed by atoms with Gasteiger partial charge in [0.15, 0.2) is 0 Å². The second-order valence-corrected chi connectivity index (χ2v) is 6.00. The Labute approximate surface area is 132 Å². The molecule has 0 saturated heterocycles. The number of pyridine rings is 1. The van der Waals surface area contributed by atoms with Crippen LogP contribution in [0.5, 0.6) is 0 Å². The van der Waals surface area contributed by atoms with E-state index in [-0.39, 0.29) is 5.91 Å². The van der Waals surface area contributed by atoms with Gasteiger partial charge in [-0.2, -0.15) is 5.10 Å². The van der Waals surface area contributed by atoms with Crippen LogP contribution in [0.15, 0.2) is 42.2 Å². The van der Waals surface area contributed by atoms with Crippen molar-refractivity contribution in [1.82, 2.24) is 20.1 Å². The highest BCUT2D eigenvalue weighted by atomic mass is 32.1. The number of thiophene rings is 1. The Morgan fingerprint density at radius 3 is 2.91 bits per heavy atom. The van der Waals surface area contributed by atoms with Crippen molar-refractivity contribution < 1.29 is 4.79 Å². The molecule has 3 aromatic rings. The van der Waals surface area contributed by atoms with Gasteiger partial charge in [0.2, 0.25) is 0 Å². The Kier molecular flexibility index (Phi) is 4.02. The molecule has 22 heavy (non-hydrogen) atoms. The van der Waals surface area contributed by atoms with Gasteiger partial charge < -0.3 is 5.32 Å². The van der Waals surface area contributed by atoms with Gasteiger partial charge in [-0.15, -0.1) is 11.3 Å². The highest BCUT2D eigenvalue weighted by Gasteiger charge is 2.09. The molecule has 0 unspecified atom stereocenters. The van der Waals surface area contributed by atoms with E-state index in [4.69, 9.17) is 0 Å². The molecule has 6 heteroatoms. The van der Waals surface area contributed by atoms with Crippen LogP contribution < -0.4 is 5.32 Å². The first-order chi connectivity index (χ1) is 10.6. The zero-order valence-electron chi connectivity index (χ0n) is 12.4. The van der Waals surface area contributed by atoms with Crippen LogP contribution in [-0.2, 0) is 13.6 Å². The minimum Gasteiger partial charge on any atom is -0.347 e. The Bertz CT molecular complexity index is 806. The van der Waals surface area contributed by atoms with Crippen LogP contribution in [0.1, 0.15) is 20.8 Å². The number of carbonyl (C=O) groups excluding carboxylic acids is 1. The molecule has 0 saturated carbocycles. The van der Waals surface area contributed by atoms with Gasteiger partial charge in [-0.25, -0.2) is 0 Å². The van der Waals surface area contributed by atoms with E-state index in [9.17, 15) is 4.79 Å². The highest BCUT2D eigenvalue weighted by Crippen LogP contribution is 2.18. The minimum absolute atomic E-state index is 0.0518. The summed E-state index contributed by atoms with van der Waals surface area (Å²) >= 11 is 1.46. The topological polar surface area (TPSA) is 59.8 Å². The molecule has 0 aliphatic heterocycles. The molecule has 0 aliphatic carbocycles. The molecule has 1 N–H and O–H groups in total. The van der Waals surface area contributed by atoms with Crippen molar-refractivity contribution in [3.8, 4) is 11.3 Å².